The summed E-state index contributed by atoms with van der Waals surface area (Å²) in [7, 11) is 0. The van der Waals surface area contributed by atoms with Crippen LogP contribution in [0.1, 0.15) is 29.5 Å². The van der Waals surface area contributed by atoms with E-state index in [0.29, 0.717) is 12.0 Å². The molecule has 2 aliphatic heterocycles. The van der Waals surface area contributed by atoms with E-state index in [2.05, 4.69) is 41.7 Å². The predicted octanol–water partition coefficient (Wildman–Crippen LogP) is 2.37. The predicted molar refractivity (Wildman–Crippen MR) is 53.7 cm³/mol. The smallest absolute Gasteiger partial charge is 0.0358 e. The lowest BCUT2D eigenvalue weighted by Gasteiger charge is -2.28. The van der Waals surface area contributed by atoms with Crippen LogP contribution in [-0.2, 0) is 0 Å². The lowest BCUT2D eigenvalue weighted by Crippen LogP contribution is -2.30. The van der Waals surface area contributed by atoms with Crippen LogP contribution >= 0.6 is 0 Å². The Hall–Kier alpha value is -1.08. The topological polar surface area (TPSA) is 12.0 Å². The van der Waals surface area contributed by atoms with Crippen LogP contribution in [0, 0.1) is 0 Å². The first kappa shape index (κ1) is 7.34. The minimum Gasteiger partial charge on any atom is -0.309 e. The van der Waals surface area contributed by atoms with Crippen molar-refractivity contribution in [1.82, 2.24) is 5.32 Å². The quantitative estimate of drug-likeness (QED) is 0.591. The molecule has 1 aromatic rings. The molecule has 1 heteroatoms. The first-order valence-corrected chi connectivity index (χ1v) is 4.94. The molecule has 0 aromatic heterocycles. The summed E-state index contributed by atoms with van der Waals surface area (Å²) in [6.45, 7) is 1.11. The molecule has 1 aliphatic carbocycles. The number of nitrogens with one attached hydrogen (secondary N) is 1. The molecule has 3 aliphatic rings. The molecule has 2 heterocycles. The van der Waals surface area contributed by atoms with Crippen molar-refractivity contribution in [2.24, 2.45) is 0 Å². The SMILES string of the molecule is C1=CC2CNC(C1)c1ccccc12. The van der Waals surface area contributed by atoms with E-state index in [1.807, 2.05) is 0 Å². The first-order valence-electron chi connectivity index (χ1n) is 4.94. The highest BCUT2D eigenvalue weighted by atomic mass is 14.9. The minimum absolute atomic E-state index is 0.561. The van der Waals surface area contributed by atoms with Gasteiger partial charge in [0.25, 0.3) is 0 Å². The second kappa shape index (κ2) is 2.71. The second-order valence-electron chi connectivity index (χ2n) is 3.86. The van der Waals surface area contributed by atoms with E-state index in [9.17, 15) is 0 Å². The Morgan fingerprint density at radius 2 is 2.00 bits per heavy atom. The van der Waals surface area contributed by atoms with Crippen LogP contribution in [0.3, 0.4) is 0 Å². The fourth-order valence-corrected chi connectivity index (χ4v) is 2.42. The standard InChI is InChI=1S/C12H13N/c1-2-6-11-10(5-1)9-4-3-7-12(11)13-8-9/h1-6,9,12-13H,7-8H2. The second-order valence-corrected chi connectivity index (χ2v) is 3.86. The van der Waals surface area contributed by atoms with Gasteiger partial charge in [0.2, 0.25) is 0 Å². The molecule has 2 atom stereocenters. The van der Waals surface area contributed by atoms with Crippen molar-refractivity contribution in [2.75, 3.05) is 6.54 Å². The van der Waals surface area contributed by atoms with Gasteiger partial charge in [-0.25, -0.2) is 0 Å². The highest BCUT2D eigenvalue weighted by Crippen LogP contribution is 2.35. The van der Waals surface area contributed by atoms with E-state index in [4.69, 9.17) is 0 Å². The van der Waals surface area contributed by atoms with E-state index in [0.717, 1.165) is 13.0 Å². The van der Waals surface area contributed by atoms with Gasteiger partial charge in [-0.3, -0.25) is 0 Å². The molecule has 2 bridgehead atoms. The third kappa shape index (κ3) is 1.04. The van der Waals surface area contributed by atoms with Crippen molar-refractivity contribution in [2.45, 2.75) is 18.4 Å². The molecular formula is C12H13N. The molecule has 1 nitrogen and oxygen atoms in total. The Morgan fingerprint density at radius 3 is 2.92 bits per heavy atom. The number of benzene rings is 1. The van der Waals surface area contributed by atoms with Gasteiger partial charge in [-0.05, 0) is 17.5 Å². The normalized spacial score (nSPS) is 29.8. The summed E-state index contributed by atoms with van der Waals surface area (Å²) in [4.78, 5) is 0. The lowest BCUT2D eigenvalue weighted by molar-refractivity contribution is 0.503. The van der Waals surface area contributed by atoms with Crippen LogP contribution in [-0.4, -0.2) is 6.54 Å². The average Bonchev–Trinajstić information content (AvgIpc) is 2.52. The number of hydrogen-bond donors (Lipinski definition) is 1. The Kier molecular flexibility index (Phi) is 1.53. The maximum absolute atomic E-state index is 3.57. The Morgan fingerprint density at radius 1 is 1.15 bits per heavy atom. The monoisotopic (exact) mass is 171 g/mol. The lowest BCUT2D eigenvalue weighted by atomic mass is 9.88. The molecule has 0 radical (unpaired) electrons. The van der Waals surface area contributed by atoms with Crippen molar-refractivity contribution in [3.8, 4) is 0 Å². The fourth-order valence-electron chi connectivity index (χ4n) is 2.42. The summed E-state index contributed by atoms with van der Waals surface area (Å²) in [6, 6.07) is 9.37. The zero-order valence-corrected chi connectivity index (χ0v) is 7.53. The van der Waals surface area contributed by atoms with E-state index >= 15 is 0 Å². The summed E-state index contributed by atoms with van der Waals surface area (Å²) < 4.78 is 0. The molecule has 0 saturated heterocycles. The van der Waals surface area contributed by atoms with Crippen LogP contribution in [0.4, 0.5) is 0 Å². The van der Waals surface area contributed by atoms with Gasteiger partial charge in [-0.15, -0.1) is 0 Å². The summed E-state index contributed by atoms with van der Waals surface area (Å²) >= 11 is 0. The van der Waals surface area contributed by atoms with Gasteiger partial charge in [0.1, 0.15) is 0 Å². The van der Waals surface area contributed by atoms with Crippen LogP contribution in [0.5, 0.6) is 0 Å². The van der Waals surface area contributed by atoms with E-state index in [-0.39, 0.29) is 0 Å². The third-order valence-corrected chi connectivity index (χ3v) is 3.10. The van der Waals surface area contributed by atoms with Gasteiger partial charge in [0, 0.05) is 18.5 Å². The number of fused-ring (bicyclic) bond motifs is 2. The van der Waals surface area contributed by atoms with Crippen molar-refractivity contribution in [3.05, 3.63) is 47.5 Å². The van der Waals surface area contributed by atoms with E-state index in [1.54, 1.807) is 0 Å². The number of hydrogen-bond acceptors (Lipinski definition) is 1. The summed E-state index contributed by atoms with van der Waals surface area (Å²) in [5, 5.41) is 3.57. The zero-order valence-electron chi connectivity index (χ0n) is 7.53. The number of rotatable bonds is 0. The van der Waals surface area contributed by atoms with Crippen molar-refractivity contribution in [1.29, 1.82) is 0 Å². The molecule has 1 N–H and O–H groups in total. The molecule has 2 unspecified atom stereocenters. The van der Waals surface area contributed by atoms with Gasteiger partial charge in [-0.1, -0.05) is 36.4 Å². The van der Waals surface area contributed by atoms with E-state index in [1.165, 1.54) is 11.1 Å². The molecule has 0 fully saturated rings. The Labute approximate surface area is 78.5 Å². The average molecular weight is 171 g/mol. The molecule has 66 valence electrons. The summed E-state index contributed by atoms with van der Waals surface area (Å²) in [5.41, 5.74) is 3.03. The Bertz CT molecular complexity index is 354. The molecule has 13 heavy (non-hydrogen) atoms. The molecular weight excluding hydrogens is 158 g/mol. The highest BCUT2D eigenvalue weighted by molar-refractivity contribution is 5.40. The van der Waals surface area contributed by atoms with Crippen LogP contribution in [0.2, 0.25) is 0 Å². The Balaban J connectivity index is 2.20. The third-order valence-electron chi connectivity index (χ3n) is 3.10. The van der Waals surface area contributed by atoms with Crippen LogP contribution < -0.4 is 5.32 Å². The van der Waals surface area contributed by atoms with Gasteiger partial charge in [0.05, 0.1) is 0 Å². The fraction of sp³-hybridized carbons (Fsp3) is 0.333. The molecule has 0 amide bonds. The summed E-state index contributed by atoms with van der Waals surface area (Å²) in [6.07, 6.45) is 5.81. The minimum atomic E-state index is 0.561. The van der Waals surface area contributed by atoms with Crippen LogP contribution in [0.25, 0.3) is 0 Å². The molecule has 0 spiro atoms. The van der Waals surface area contributed by atoms with Crippen molar-refractivity contribution < 1.29 is 0 Å². The van der Waals surface area contributed by atoms with Gasteiger partial charge in [0.15, 0.2) is 0 Å². The zero-order chi connectivity index (χ0) is 8.67. The maximum Gasteiger partial charge on any atom is 0.0358 e. The molecule has 1 aromatic carbocycles. The van der Waals surface area contributed by atoms with Gasteiger partial charge < -0.3 is 5.32 Å². The van der Waals surface area contributed by atoms with Gasteiger partial charge in [-0.2, -0.15) is 0 Å². The van der Waals surface area contributed by atoms with E-state index < -0.39 is 0 Å². The van der Waals surface area contributed by atoms with Crippen LogP contribution in [0.15, 0.2) is 36.4 Å². The highest BCUT2D eigenvalue weighted by Gasteiger charge is 2.26. The molecule has 4 rings (SSSR count). The molecule has 0 saturated carbocycles. The largest absolute Gasteiger partial charge is 0.309 e. The van der Waals surface area contributed by atoms with Crippen molar-refractivity contribution >= 4 is 0 Å². The first-order chi connectivity index (χ1) is 6.45. The maximum atomic E-state index is 3.57. The van der Waals surface area contributed by atoms with Gasteiger partial charge >= 0.3 is 0 Å². The summed E-state index contributed by atoms with van der Waals surface area (Å²) in [5.74, 6) is 0.606. The van der Waals surface area contributed by atoms with Crippen molar-refractivity contribution in [3.63, 3.8) is 0 Å².